The van der Waals surface area contributed by atoms with Gasteiger partial charge in [0.2, 0.25) is 5.91 Å². The lowest BCUT2D eigenvalue weighted by Gasteiger charge is -2.12. The second-order valence-corrected chi connectivity index (χ2v) is 8.69. The number of nitro groups is 1. The van der Waals surface area contributed by atoms with Crippen molar-refractivity contribution in [1.82, 2.24) is 5.43 Å². The Bertz CT molecular complexity index is 1190. The first kappa shape index (κ1) is 26.1. The number of non-ortho nitro benzene ring substituents is 1. The first-order chi connectivity index (χ1) is 16.9. The van der Waals surface area contributed by atoms with Crippen molar-refractivity contribution in [3.63, 3.8) is 0 Å². The van der Waals surface area contributed by atoms with Crippen LogP contribution in [0.1, 0.15) is 23.6 Å². The molecular formula is C25H24ClN3O5S. The molecule has 35 heavy (non-hydrogen) atoms. The zero-order valence-corrected chi connectivity index (χ0v) is 20.6. The van der Waals surface area contributed by atoms with Gasteiger partial charge in [0, 0.05) is 22.9 Å². The SMILES string of the molecule is CCOc1cc(/C=N\NC(=O)CSCc2ccc([N+](=O)[O-])cc2)ccc1OCc1cccc(Cl)c1. The molecule has 10 heteroatoms. The van der Waals surface area contributed by atoms with Gasteiger partial charge in [0.25, 0.3) is 5.69 Å². The van der Waals surface area contributed by atoms with E-state index in [0.29, 0.717) is 35.5 Å². The summed E-state index contributed by atoms with van der Waals surface area (Å²) in [6, 6.07) is 19.1. The van der Waals surface area contributed by atoms with Crippen LogP contribution < -0.4 is 14.9 Å². The second-order valence-electron chi connectivity index (χ2n) is 7.27. The van der Waals surface area contributed by atoms with E-state index in [0.717, 1.165) is 16.7 Å². The van der Waals surface area contributed by atoms with Crippen LogP contribution in [0.15, 0.2) is 71.8 Å². The van der Waals surface area contributed by atoms with Crippen molar-refractivity contribution in [2.75, 3.05) is 12.4 Å². The summed E-state index contributed by atoms with van der Waals surface area (Å²) in [5.41, 5.74) is 5.12. The number of ether oxygens (including phenoxy) is 2. The van der Waals surface area contributed by atoms with E-state index in [1.807, 2.05) is 31.2 Å². The fourth-order valence-corrected chi connectivity index (χ4v) is 3.96. The van der Waals surface area contributed by atoms with Gasteiger partial charge in [-0.2, -0.15) is 5.10 Å². The van der Waals surface area contributed by atoms with Gasteiger partial charge < -0.3 is 9.47 Å². The van der Waals surface area contributed by atoms with Crippen LogP contribution in [0, 0.1) is 10.1 Å². The average molecular weight is 514 g/mol. The number of nitrogens with zero attached hydrogens (tertiary/aromatic N) is 2. The monoisotopic (exact) mass is 513 g/mol. The lowest BCUT2D eigenvalue weighted by Crippen LogP contribution is -2.19. The van der Waals surface area contributed by atoms with Gasteiger partial charge in [-0.25, -0.2) is 5.43 Å². The Hall–Kier alpha value is -3.56. The summed E-state index contributed by atoms with van der Waals surface area (Å²) in [4.78, 5) is 22.3. The maximum Gasteiger partial charge on any atom is 0.269 e. The smallest absolute Gasteiger partial charge is 0.269 e. The molecule has 0 atom stereocenters. The van der Waals surface area contributed by atoms with Gasteiger partial charge in [0.1, 0.15) is 6.61 Å². The van der Waals surface area contributed by atoms with E-state index in [-0.39, 0.29) is 17.3 Å². The Morgan fingerprint density at radius 3 is 2.60 bits per heavy atom. The first-order valence-electron chi connectivity index (χ1n) is 10.7. The highest BCUT2D eigenvalue weighted by molar-refractivity contribution is 7.99. The maximum atomic E-state index is 12.0. The van der Waals surface area contributed by atoms with Crippen molar-refractivity contribution in [2.45, 2.75) is 19.3 Å². The summed E-state index contributed by atoms with van der Waals surface area (Å²) in [6.07, 6.45) is 1.53. The fourth-order valence-electron chi connectivity index (χ4n) is 2.97. The summed E-state index contributed by atoms with van der Waals surface area (Å²) in [7, 11) is 0. The fraction of sp³-hybridized carbons (Fsp3) is 0.200. The predicted molar refractivity (Wildman–Crippen MR) is 138 cm³/mol. The molecule has 0 unspecified atom stereocenters. The first-order valence-corrected chi connectivity index (χ1v) is 12.2. The third-order valence-corrected chi connectivity index (χ3v) is 5.84. The lowest BCUT2D eigenvalue weighted by atomic mass is 10.2. The molecule has 0 heterocycles. The zero-order chi connectivity index (χ0) is 25.0. The summed E-state index contributed by atoms with van der Waals surface area (Å²) in [5, 5.41) is 15.4. The summed E-state index contributed by atoms with van der Waals surface area (Å²) < 4.78 is 11.6. The van der Waals surface area contributed by atoms with Gasteiger partial charge in [0.15, 0.2) is 11.5 Å². The molecule has 3 aromatic carbocycles. The third-order valence-electron chi connectivity index (χ3n) is 4.60. The minimum absolute atomic E-state index is 0.0408. The number of benzene rings is 3. The Labute approximate surface area is 212 Å². The van der Waals surface area contributed by atoms with Gasteiger partial charge in [0.05, 0.1) is 23.5 Å². The largest absolute Gasteiger partial charge is 0.490 e. The lowest BCUT2D eigenvalue weighted by molar-refractivity contribution is -0.384. The topological polar surface area (TPSA) is 103 Å². The van der Waals surface area contributed by atoms with Crippen molar-refractivity contribution in [3.8, 4) is 11.5 Å². The standard InChI is InChI=1S/C25H24ClN3O5S/c1-2-33-24-13-19(8-11-23(24)34-15-20-4-3-5-21(26)12-20)14-27-28-25(30)17-35-16-18-6-9-22(10-7-18)29(31)32/h3-14H,2,15-17H2,1H3,(H,28,30)/b27-14-. The highest BCUT2D eigenvalue weighted by atomic mass is 35.5. The van der Waals surface area contributed by atoms with Crippen molar-refractivity contribution in [2.24, 2.45) is 5.10 Å². The van der Waals surface area contributed by atoms with Crippen molar-refractivity contribution in [1.29, 1.82) is 0 Å². The highest BCUT2D eigenvalue weighted by Gasteiger charge is 2.08. The van der Waals surface area contributed by atoms with Crippen molar-refractivity contribution >= 4 is 41.2 Å². The van der Waals surface area contributed by atoms with Crippen LogP contribution in [-0.2, 0) is 17.2 Å². The van der Waals surface area contributed by atoms with E-state index in [2.05, 4.69) is 10.5 Å². The number of hydrogen-bond donors (Lipinski definition) is 1. The van der Waals surface area contributed by atoms with Crippen LogP contribution in [0.4, 0.5) is 5.69 Å². The molecule has 3 rings (SSSR count). The number of thioether (sulfide) groups is 1. The molecule has 0 bridgehead atoms. The Kier molecular flexibility index (Phi) is 9.94. The number of nitrogens with one attached hydrogen (secondary N) is 1. The number of hydrogen-bond acceptors (Lipinski definition) is 7. The molecule has 8 nitrogen and oxygen atoms in total. The number of rotatable bonds is 12. The highest BCUT2D eigenvalue weighted by Crippen LogP contribution is 2.29. The molecule has 0 saturated carbocycles. The second kappa shape index (κ2) is 13.4. The van der Waals surface area contributed by atoms with Gasteiger partial charge >= 0.3 is 0 Å². The van der Waals surface area contributed by atoms with Crippen LogP contribution in [0.5, 0.6) is 11.5 Å². The molecular weight excluding hydrogens is 490 g/mol. The van der Waals surface area contributed by atoms with E-state index in [4.69, 9.17) is 21.1 Å². The minimum Gasteiger partial charge on any atom is -0.490 e. The Balaban J connectivity index is 1.48. The van der Waals surface area contributed by atoms with Crippen molar-refractivity contribution < 1.29 is 19.2 Å². The molecule has 0 aliphatic carbocycles. The number of halogens is 1. The number of carbonyl (C=O) groups is 1. The van der Waals surface area contributed by atoms with E-state index in [1.54, 1.807) is 30.3 Å². The number of hydrazone groups is 1. The normalized spacial score (nSPS) is 10.8. The number of carbonyl (C=O) groups excluding carboxylic acids is 1. The van der Waals surface area contributed by atoms with E-state index >= 15 is 0 Å². The van der Waals surface area contributed by atoms with Crippen LogP contribution in [0.25, 0.3) is 0 Å². The van der Waals surface area contributed by atoms with Crippen LogP contribution in [0.2, 0.25) is 5.02 Å². The molecule has 3 aromatic rings. The zero-order valence-electron chi connectivity index (χ0n) is 19.0. The van der Waals surface area contributed by atoms with E-state index < -0.39 is 4.92 Å². The molecule has 0 saturated heterocycles. The van der Waals surface area contributed by atoms with Crippen LogP contribution in [0.3, 0.4) is 0 Å². The molecule has 1 amide bonds. The third kappa shape index (κ3) is 8.62. The van der Waals surface area contributed by atoms with Gasteiger partial charge in [-0.15, -0.1) is 11.8 Å². The van der Waals surface area contributed by atoms with E-state index in [9.17, 15) is 14.9 Å². The van der Waals surface area contributed by atoms with Gasteiger partial charge in [-0.1, -0.05) is 35.9 Å². The van der Waals surface area contributed by atoms with Crippen LogP contribution in [-0.4, -0.2) is 29.4 Å². The Morgan fingerprint density at radius 1 is 1.09 bits per heavy atom. The van der Waals surface area contributed by atoms with E-state index in [1.165, 1.54) is 30.1 Å². The molecule has 0 aromatic heterocycles. The molecule has 182 valence electrons. The summed E-state index contributed by atoms with van der Waals surface area (Å²) >= 11 is 7.41. The summed E-state index contributed by atoms with van der Waals surface area (Å²) in [5.74, 6) is 1.68. The molecule has 0 spiro atoms. The number of nitro benzene ring substituents is 1. The molecule has 1 N–H and O–H groups in total. The molecule has 0 aliphatic rings. The maximum absolute atomic E-state index is 12.0. The molecule has 0 fully saturated rings. The van der Waals surface area contributed by atoms with Gasteiger partial charge in [-0.05, 0) is 53.9 Å². The molecule has 0 aliphatic heterocycles. The number of amides is 1. The summed E-state index contributed by atoms with van der Waals surface area (Å²) in [6.45, 7) is 2.70. The molecule has 0 radical (unpaired) electrons. The van der Waals surface area contributed by atoms with Crippen LogP contribution >= 0.6 is 23.4 Å². The quantitative estimate of drug-likeness (QED) is 0.192. The Morgan fingerprint density at radius 2 is 1.89 bits per heavy atom. The van der Waals surface area contributed by atoms with Gasteiger partial charge in [-0.3, -0.25) is 14.9 Å². The predicted octanol–water partition coefficient (Wildman–Crippen LogP) is 5.61. The average Bonchev–Trinajstić information content (AvgIpc) is 2.84. The minimum atomic E-state index is -0.443. The van der Waals surface area contributed by atoms with Crippen molar-refractivity contribution in [3.05, 3.63) is 98.6 Å².